The lowest BCUT2D eigenvalue weighted by Crippen LogP contribution is -2.06. The van der Waals surface area contributed by atoms with Crippen LogP contribution in [0.5, 0.6) is 0 Å². The van der Waals surface area contributed by atoms with Crippen LogP contribution in [0.3, 0.4) is 0 Å². The molecule has 0 unspecified atom stereocenters. The molecule has 0 saturated heterocycles. The summed E-state index contributed by atoms with van der Waals surface area (Å²) in [6.45, 7) is 2.31. The molecule has 0 saturated carbocycles. The summed E-state index contributed by atoms with van der Waals surface area (Å²) in [5, 5.41) is 9.81. The minimum absolute atomic E-state index is 0.0142. The van der Waals surface area contributed by atoms with Gasteiger partial charge in [-0.3, -0.25) is 0 Å². The molecule has 0 spiro atoms. The van der Waals surface area contributed by atoms with Crippen molar-refractivity contribution < 1.29 is 9.90 Å². The zero-order valence-electron chi connectivity index (χ0n) is 14.1. The molecule has 1 aromatic carbocycles. The molecule has 136 valence electrons. The second kappa shape index (κ2) is 6.96. The fourth-order valence-corrected chi connectivity index (χ4v) is 4.17. The highest BCUT2D eigenvalue weighted by atomic mass is 35.5. The summed E-state index contributed by atoms with van der Waals surface area (Å²) >= 11 is 14.0. The van der Waals surface area contributed by atoms with E-state index in [2.05, 4.69) is 9.97 Å². The van der Waals surface area contributed by atoms with E-state index in [1.54, 1.807) is 6.07 Å². The van der Waals surface area contributed by atoms with Crippen LogP contribution in [0.2, 0.25) is 9.36 Å². The van der Waals surface area contributed by atoms with E-state index >= 15 is 0 Å². The average Bonchev–Trinajstić information content (AvgIpc) is 3.19. The van der Waals surface area contributed by atoms with E-state index in [4.69, 9.17) is 23.2 Å². The Kier molecular flexibility index (Phi) is 4.63. The quantitative estimate of drug-likeness (QED) is 0.474. The third kappa shape index (κ3) is 3.43. The van der Waals surface area contributed by atoms with Crippen molar-refractivity contribution >= 4 is 51.7 Å². The standard InChI is InChI=1S/C19H13Cl2N3O2S/c1-10-22-14-4-5-15(19(25)26)23-18(14)24(10)9-12-3-2-11(8-13(12)20)16-6-7-17(21)27-16/h2-8H,9H2,1H3,(H,25,26). The van der Waals surface area contributed by atoms with Crippen LogP contribution < -0.4 is 0 Å². The zero-order chi connectivity index (χ0) is 19.1. The van der Waals surface area contributed by atoms with Crippen molar-refractivity contribution in [3.05, 3.63) is 68.9 Å². The van der Waals surface area contributed by atoms with Crippen LogP contribution in [-0.2, 0) is 6.54 Å². The van der Waals surface area contributed by atoms with Crippen molar-refractivity contribution in [2.75, 3.05) is 0 Å². The number of nitrogens with zero attached hydrogens (tertiary/aromatic N) is 3. The average molecular weight is 418 g/mol. The lowest BCUT2D eigenvalue weighted by molar-refractivity contribution is 0.0691. The van der Waals surface area contributed by atoms with Gasteiger partial charge in [0.05, 0.1) is 10.9 Å². The van der Waals surface area contributed by atoms with E-state index in [0.717, 1.165) is 26.2 Å². The maximum absolute atomic E-state index is 11.2. The fourth-order valence-electron chi connectivity index (χ4n) is 2.89. The van der Waals surface area contributed by atoms with Crippen molar-refractivity contribution in [2.24, 2.45) is 0 Å². The molecule has 3 heterocycles. The van der Waals surface area contributed by atoms with Gasteiger partial charge in [0, 0.05) is 9.90 Å². The molecule has 3 aromatic heterocycles. The Hall–Kier alpha value is -2.41. The van der Waals surface area contributed by atoms with E-state index in [1.807, 2.05) is 41.8 Å². The monoisotopic (exact) mass is 417 g/mol. The Morgan fingerprint density at radius 2 is 1.96 bits per heavy atom. The molecule has 0 fully saturated rings. The molecule has 27 heavy (non-hydrogen) atoms. The van der Waals surface area contributed by atoms with Gasteiger partial charge in [-0.05, 0) is 48.4 Å². The summed E-state index contributed by atoms with van der Waals surface area (Å²) in [6.07, 6.45) is 0. The lowest BCUT2D eigenvalue weighted by atomic mass is 10.1. The number of aromatic nitrogens is 3. The summed E-state index contributed by atoms with van der Waals surface area (Å²) in [4.78, 5) is 21.0. The van der Waals surface area contributed by atoms with Crippen LogP contribution >= 0.6 is 34.5 Å². The van der Waals surface area contributed by atoms with Gasteiger partial charge >= 0.3 is 5.97 Å². The van der Waals surface area contributed by atoms with Crippen LogP contribution in [0, 0.1) is 6.92 Å². The largest absolute Gasteiger partial charge is 0.477 e. The molecule has 0 bridgehead atoms. The van der Waals surface area contributed by atoms with Crippen LogP contribution in [0.15, 0.2) is 42.5 Å². The first-order valence-electron chi connectivity index (χ1n) is 8.03. The molecule has 0 aliphatic rings. The van der Waals surface area contributed by atoms with Gasteiger partial charge < -0.3 is 9.67 Å². The maximum atomic E-state index is 11.2. The molecular weight excluding hydrogens is 405 g/mol. The SMILES string of the molecule is Cc1nc2ccc(C(=O)O)nc2n1Cc1ccc(-c2ccc(Cl)s2)cc1Cl. The summed E-state index contributed by atoms with van der Waals surface area (Å²) in [6, 6.07) is 12.8. The van der Waals surface area contributed by atoms with Gasteiger partial charge in [-0.1, -0.05) is 35.3 Å². The molecule has 8 heteroatoms. The second-order valence-electron chi connectivity index (χ2n) is 6.00. The minimum atomic E-state index is -1.07. The molecule has 0 aliphatic heterocycles. The van der Waals surface area contributed by atoms with E-state index in [1.165, 1.54) is 17.4 Å². The Morgan fingerprint density at radius 3 is 2.63 bits per heavy atom. The number of hydrogen-bond donors (Lipinski definition) is 1. The number of halogens is 2. The third-order valence-electron chi connectivity index (χ3n) is 4.24. The van der Waals surface area contributed by atoms with Crippen molar-refractivity contribution in [3.8, 4) is 10.4 Å². The van der Waals surface area contributed by atoms with E-state index in [9.17, 15) is 9.90 Å². The highest BCUT2D eigenvalue weighted by Crippen LogP contribution is 2.33. The van der Waals surface area contributed by atoms with Gasteiger partial charge in [-0.2, -0.15) is 0 Å². The first kappa shape index (κ1) is 18.0. The normalized spacial score (nSPS) is 11.2. The van der Waals surface area contributed by atoms with Crippen LogP contribution in [0.1, 0.15) is 21.9 Å². The summed E-state index contributed by atoms with van der Waals surface area (Å²) in [5.74, 6) is -0.329. The number of fused-ring (bicyclic) bond motifs is 1. The third-order valence-corrected chi connectivity index (χ3v) is 5.87. The maximum Gasteiger partial charge on any atom is 0.354 e. The van der Waals surface area contributed by atoms with Crippen molar-refractivity contribution in [2.45, 2.75) is 13.5 Å². The van der Waals surface area contributed by atoms with Crippen molar-refractivity contribution in [1.82, 2.24) is 14.5 Å². The Balaban J connectivity index is 1.72. The Bertz CT molecular complexity index is 1180. The number of carbonyl (C=O) groups is 1. The topological polar surface area (TPSA) is 68.0 Å². The molecule has 5 nitrogen and oxygen atoms in total. The smallest absolute Gasteiger partial charge is 0.354 e. The number of rotatable bonds is 4. The summed E-state index contributed by atoms with van der Waals surface area (Å²) in [7, 11) is 0. The number of hydrogen-bond acceptors (Lipinski definition) is 4. The first-order chi connectivity index (χ1) is 12.9. The number of carboxylic acid groups (broad SMARTS) is 1. The van der Waals surface area contributed by atoms with Gasteiger partial charge in [0.15, 0.2) is 11.3 Å². The molecule has 0 amide bonds. The summed E-state index contributed by atoms with van der Waals surface area (Å²) in [5.41, 5.74) is 3.06. The Labute approximate surface area is 168 Å². The number of pyridine rings is 1. The van der Waals surface area contributed by atoms with E-state index < -0.39 is 5.97 Å². The number of benzene rings is 1. The van der Waals surface area contributed by atoms with Gasteiger partial charge in [0.25, 0.3) is 0 Å². The molecule has 4 rings (SSSR count). The van der Waals surface area contributed by atoms with Gasteiger partial charge in [0.2, 0.25) is 0 Å². The first-order valence-corrected chi connectivity index (χ1v) is 9.61. The predicted octanol–water partition coefficient (Wildman–Crippen LogP) is 5.52. The van der Waals surface area contributed by atoms with Gasteiger partial charge in [-0.25, -0.2) is 14.8 Å². The molecule has 0 aliphatic carbocycles. The number of imidazole rings is 1. The summed E-state index contributed by atoms with van der Waals surface area (Å²) < 4.78 is 2.59. The van der Waals surface area contributed by atoms with Crippen molar-refractivity contribution in [1.29, 1.82) is 0 Å². The number of thiophene rings is 1. The number of aryl methyl sites for hydroxylation is 1. The number of aromatic carboxylic acids is 1. The van der Waals surface area contributed by atoms with E-state index in [-0.39, 0.29) is 5.69 Å². The van der Waals surface area contributed by atoms with Crippen LogP contribution in [-0.4, -0.2) is 25.6 Å². The predicted molar refractivity (Wildman–Crippen MR) is 108 cm³/mol. The highest BCUT2D eigenvalue weighted by Gasteiger charge is 2.14. The van der Waals surface area contributed by atoms with Gasteiger partial charge in [0.1, 0.15) is 11.3 Å². The molecule has 1 N–H and O–H groups in total. The highest BCUT2D eigenvalue weighted by molar-refractivity contribution is 7.19. The zero-order valence-corrected chi connectivity index (χ0v) is 16.4. The molecule has 4 aromatic rings. The van der Waals surface area contributed by atoms with Gasteiger partial charge in [-0.15, -0.1) is 11.3 Å². The van der Waals surface area contributed by atoms with E-state index in [0.29, 0.717) is 22.7 Å². The second-order valence-corrected chi connectivity index (χ2v) is 8.12. The van der Waals surface area contributed by atoms with Crippen molar-refractivity contribution in [3.63, 3.8) is 0 Å². The molecular formula is C19H13Cl2N3O2S. The fraction of sp³-hybridized carbons (Fsp3) is 0.105. The van der Waals surface area contributed by atoms with Crippen LogP contribution in [0.25, 0.3) is 21.6 Å². The number of carboxylic acids is 1. The Morgan fingerprint density at radius 1 is 1.15 bits per heavy atom. The molecule has 0 atom stereocenters. The minimum Gasteiger partial charge on any atom is -0.477 e. The molecule has 0 radical (unpaired) electrons. The van der Waals surface area contributed by atoms with Crippen LogP contribution in [0.4, 0.5) is 0 Å². The lowest BCUT2D eigenvalue weighted by Gasteiger charge is -2.10.